The Morgan fingerprint density at radius 3 is 2.60 bits per heavy atom. The van der Waals surface area contributed by atoms with E-state index in [2.05, 4.69) is 5.32 Å². The Bertz CT molecular complexity index is 480. The Morgan fingerprint density at radius 1 is 1.30 bits per heavy atom. The van der Waals surface area contributed by atoms with Gasteiger partial charge in [-0.1, -0.05) is 30.7 Å². The number of aliphatic hydroxyl groups excluding tert-OH is 1. The average Bonchev–Trinajstić information content (AvgIpc) is 3.08. The predicted octanol–water partition coefficient (Wildman–Crippen LogP) is 2.79. The third kappa shape index (κ3) is 2.73. The van der Waals surface area contributed by atoms with Gasteiger partial charge in [-0.05, 0) is 49.1 Å². The quantitative estimate of drug-likeness (QED) is 0.886. The van der Waals surface area contributed by atoms with E-state index in [0.717, 1.165) is 23.5 Å². The molecule has 0 radical (unpaired) electrons. The molecule has 3 rings (SSSR count). The average molecular weight is 273 g/mol. The zero-order chi connectivity index (χ0) is 14.1. The summed E-state index contributed by atoms with van der Waals surface area (Å²) in [5, 5.41) is 12.5. The number of fused-ring (bicyclic) bond motifs is 2. The normalized spacial score (nSPS) is 29.4. The first-order chi connectivity index (χ1) is 9.63. The maximum Gasteiger partial charge on any atom is 0.223 e. The molecule has 2 N–H and O–H groups in total. The van der Waals surface area contributed by atoms with Crippen molar-refractivity contribution in [3.63, 3.8) is 0 Å². The minimum Gasteiger partial charge on any atom is -0.389 e. The number of benzene rings is 1. The lowest BCUT2D eigenvalue weighted by atomic mass is 9.88. The minimum atomic E-state index is -0.437. The van der Waals surface area contributed by atoms with Gasteiger partial charge in [-0.25, -0.2) is 0 Å². The predicted molar refractivity (Wildman–Crippen MR) is 77.9 cm³/mol. The lowest BCUT2D eigenvalue weighted by molar-refractivity contribution is -0.126. The van der Waals surface area contributed by atoms with Crippen molar-refractivity contribution in [3.05, 3.63) is 35.4 Å². The first kappa shape index (κ1) is 13.6. The Kier molecular flexibility index (Phi) is 3.79. The summed E-state index contributed by atoms with van der Waals surface area (Å²) in [5.74, 6) is 1.93. The molecule has 4 unspecified atom stereocenters. The molecule has 0 saturated heterocycles. The zero-order valence-corrected chi connectivity index (χ0v) is 12.0. The van der Waals surface area contributed by atoms with E-state index in [1.54, 1.807) is 6.92 Å². The highest BCUT2D eigenvalue weighted by atomic mass is 16.3. The van der Waals surface area contributed by atoms with Gasteiger partial charge in [-0.2, -0.15) is 0 Å². The molecular formula is C17H23NO2. The van der Waals surface area contributed by atoms with Crippen LogP contribution in [0.5, 0.6) is 0 Å². The molecular weight excluding hydrogens is 250 g/mol. The van der Waals surface area contributed by atoms with E-state index in [-0.39, 0.29) is 11.8 Å². The Labute approximate surface area is 120 Å². The number of nitrogens with one attached hydrogen (secondary N) is 1. The van der Waals surface area contributed by atoms with Crippen LogP contribution >= 0.6 is 0 Å². The standard InChI is InChI=1S/C17H23NO2/c1-11(19)14-5-2-12(3-6-14)10-18-17(20)16-9-13-4-7-15(16)8-13/h2-3,5-6,11,13,15-16,19H,4,7-10H2,1H3,(H,18,20). The summed E-state index contributed by atoms with van der Waals surface area (Å²) in [5.41, 5.74) is 2.00. The molecule has 2 aliphatic rings. The Morgan fingerprint density at radius 2 is 2.05 bits per heavy atom. The molecule has 2 bridgehead atoms. The molecule has 0 aromatic heterocycles. The molecule has 2 saturated carbocycles. The van der Waals surface area contributed by atoms with Crippen LogP contribution in [-0.4, -0.2) is 11.0 Å². The largest absolute Gasteiger partial charge is 0.389 e. The summed E-state index contributed by atoms with van der Waals surface area (Å²) in [6.45, 7) is 2.35. The van der Waals surface area contributed by atoms with Crippen LogP contribution in [0.4, 0.5) is 0 Å². The highest BCUT2D eigenvalue weighted by molar-refractivity contribution is 5.79. The van der Waals surface area contributed by atoms with Crippen molar-refractivity contribution in [2.45, 2.75) is 45.3 Å². The summed E-state index contributed by atoms with van der Waals surface area (Å²) < 4.78 is 0. The second-order valence-electron chi connectivity index (χ2n) is 6.42. The van der Waals surface area contributed by atoms with Crippen LogP contribution < -0.4 is 5.32 Å². The molecule has 1 aromatic rings. The van der Waals surface area contributed by atoms with E-state index < -0.39 is 6.10 Å². The zero-order valence-electron chi connectivity index (χ0n) is 12.0. The van der Waals surface area contributed by atoms with Crippen molar-refractivity contribution in [2.75, 3.05) is 0 Å². The van der Waals surface area contributed by atoms with Gasteiger partial charge in [-0.15, -0.1) is 0 Å². The summed E-state index contributed by atoms with van der Waals surface area (Å²) >= 11 is 0. The number of amides is 1. The van der Waals surface area contributed by atoms with Crippen LogP contribution in [0.25, 0.3) is 0 Å². The molecule has 3 heteroatoms. The van der Waals surface area contributed by atoms with Crippen LogP contribution in [0.15, 0.2) is 24.3 Å². The van der Waals surface area contributed by atoms with Gasteiger partial charge in [0.15, 0.2) is 0 Å². The molecule has 0 heterocycles. The van der Waals surface area contributed by atoms with Gasteiger partial charge in [-0.3, -0.25) is 4.79 Å². The molecule has 108 valence electrons. The summed E-state index contributed by atoms with van der Waals surface area (Å²) in [6.07, 6.45) is 4.49. The molecule has 1 amide bonds. The van der Waals surface area contributed by atoms with Crippen molar-refractivity contribution < 1.29 is 9.90 Å². The van der Waals surface area contributed by atoms with Gasteiger partial charge in [0.05, 0.1) is 6.10 Å². The van der Waals surface area contributed by atoms with Gasteiger partial charge >= 0.3 is 0 Å². The van der Waals surface area contributed by atoms with E-state index in [1.807, 2.05) is 24.3 Å². The van der Waals surface area contributed by atoms with Crippen LogP contribution in [0.3, 0.4) is 0 Å². The third-order valence-corrected chi connectivity index (χ3v) is 5.00. The maximum atomic E-state index is 12.2. The molecule has 3 nitrogen and oxygen atoms in total. The van der Waals surface area contributed by atoms with E-state index in [9.17, 15) is 9.90 Å². The minimum absolute atomic E-state index is 0.233. The fourth-order valence-corrected chi connectivity index (χ4v) is 3.80. The fraction of sp³-hybridized carbons (Fsp3) is 0.588. The smallest absolute Gasteiger partial charge is 0.223 e. The highest BCUT2D eigenvalue weighted by Crippen LogP contribution is 2.48. The monoisotopic (exact) mass is 273 g/mol. The van der Waals surface area contributed by atoms with Gasteiger partial charge in [0, 0.05) is 12.5 Å². The number of carbonyl (C=O) groups excluding carboxylic acids is 1. The highest BCUT2D eigenvalue weighted by Gasteiger charge is 2.42. The van der Waals surface area contributed by atoms with Crippen LogP contribution in [-0.2, 0) is 11.3 Å². The molecule has 0 spiro atoms. The van der Waals surface area contributed by atoms with E-state index >= 15 is 0 Å². The first-order valence-electron chi connectivity index (χ1n) is 7.68. The molecule has 0 aliphatic heterocycles. The lowest BCUT2D eigenvalue weighted by Crippen LogP contribution is -2.33. The number of aliphatic hydroxyl groups is 1. The lowest BCUT2D eigenvalue weighted by Gasteiger charge is -2.20. The fourth-order valence-electron chi connectivity index (χ4n) is 3.80. The second kappa shape index (κ2) is 5.57. The van der Waals surface area contributed by atoms with Gasteiger partial charge in [0.2, 0.25) is 5.91 Å². The van der Waals surface area contributed by atoms with E-state index in [0.29, 0.717) is 12.5 Å². The Balaban J connectivity index is 1.53. The van der Waals surface area contributed by atoms with Crippen molar-refractivity contribution in [1.29, 1.82) is 0 Å². The third-order valence-electron chi connectivity index (χ3n) is 5.00. The topological polar surface area (TPSA) is 49.3 Å². The first-order valence-corrected chi connectivity index (χ1v) is 7.68. The van der Waals surface area contributed by atoms with Gasteiger partial charge in [0.1, 0.15) is 0 Å². The molecule has 2 aliphatic carbocycles. The maximum absolute atomic E-state index is 12.2. The number of rotatable bonds is 4. The van der Waals surface area contributed by atoms with Crippen molar-refractivity contribution in [1.82, 2.24) is 5.32 Å². The van der Waals surface area contributed by atoms with E-state index in [1.165, 1.54) is 19.3 Å². The van der Waals surface area contributed by atoms with Crippen molar-refractivity contribution in [3.8, 4) is 0 Å². The van der Waals surface area contributed by atoms with Crippen molar-refractivity contribution >= 4 is 5.91 Å². The molecule has 20 heavy (non-hydrogen) atoms. The molecule has 2 fully saturated rings. The number of hydrogen-bond acceptors (Lipinski definition) is 2. The summed E-state index contributed by atoms with van der Waals surface area (Å²) in [7, 11) is 0. The number of carbonyl (C=O) groups is 1. The van der Waals surface area contributed by atoms with Crippen LogP contribution in [0.1, 0.15) is 49.8 Å². The molecule has 1 aromatic carbocycles. The van der Waals surface area contributed by atoms with Crippen LogP contribution in [0, 0.1) is 17.8 Å². The van der Waals surface area contributed by atoms with Crippen LogP contribution in [0.2, 0.25) is 0 Å². The Hall–Kier alpha value is -1.35. The summed E-state index contributed by atoms with van der Waals surface area (Å²) in [4.78, 5) is 12.2. The summed E-state index contributed by atoms with van der Waals surface area (Å²) in [6, 6.07) is 7.79. The van der Waals surface area contributed by atoms with Gasteiger partial charge < -0.3 is 10.4 Å². The second-order valence-corrected chi connectivity index (χ2v) is 6.42. The SMILES string of the molecule is CC(O)c1ccc(CNC(=O)C2CC3CCC2C3)cc1. The number of hydrogen-bond donors (Lipinski definition) is 2. The van der Waals surface area contributed by atoms with E-state index in [4.69, 9.17) is 0 Å². The van der Waals surface area contributed by atoms with Crippen molar-refractivity contribution in [2.24, 2.45) is 17.8 Å². The molecule has 4 atom stereocenters. The van der Waals surface area contributed by atoms with Gasteiger partial charge in [0.25, 0.3) is 0 Å².